The van der Waals surface area contributed by atoms with E-state index in [-0.39, 0.29) is 24.0 Å². The minimum atomic E-state index is -0.330. The van der Waals surface area contributed by atoms with E-state index in [1.54, 1.807) is 6.92 Å². The summed E-state index contributed by atoms with van der Waals surface area (Å²) >= 11 is 1.34. The smallest absolute Gasteiger partial charge is 0.350 e. The normalized spacial score (nSPS) is 15.3. The summed E-state index contributed by atoms with van der Waals surface area (Å²) in [6.07, 6.45) is 0.844. The molecule has 1 aromatic rings. The Kier molecular flexibility index (Phi) is 9.01. The molecule has 1 rings (SSSR count). The van der Waals surface area contributed by atoms with Gasteiger partial charge in [0.25, 0.3) is 0 Å². The molecule has 2 unspecified atom stereocenters. The molecule has 0 amide bonds. The Hall–Kier alpha value is -1.67. The van der Waals surface area contributed by atoms with Crippen molar-refractivity contribution in [1.29, 1.82) is 0 Å². The molecular weight excluding hydrogens is 352 g/mol. The van der Waals surface area contributed by atoms with Crippen LogP contribution in [0.3, 0.4) is 0 Å². The Bertz CT molecular complexity index is 612. The van der Waals surface area contributed by atoms with Crippen molar-refractivity contribution in [2.75, 3.05) is 26.3 Å². The number of ether oxygens (including phenoxy) is 1. The van der Waals surface area contributed by atoms with E-state index in [1.165, 1.54) is 11.3 Å². The van der Waals surface area contributed by atoms with E-state index in [0.29, 0.717) is 29.7 Å². The van der Waals surface area contributed by atoms with E-state index in [2.05, 4.69) is 20.6 Å². The van der Waals surface area contributed by atoms with Gasteiger partial charge in [0.05, 0.1) is 31.5 Å². The van der Waals surface area contributed by atoms with Crippen LogP contribution in [0.25, 0.3) is 0 Å². The molecule has 0 spiro atoms. The van der Waals surface area contributed by atoms with Gasteiger partial charge in [0.15, 0.2) is 5.96 Å². The number of aliphatic hydroxyl groups excluding tert-OH is 1. The van der Waals surface area contributed by atoms with Gasteiger partial charge >= 0.3 is 5.97 Å². The van der Waals surface area contributed by atoms with Crippen LogP contribution < -0.4 is 10.6 Å². The SMILES string of the molecule is CCNC(=NCC(C)(CC)CO)NC(C)c1nc(C)c(C(=O)OCC)s1. The summed E-state index contributed by atoms with van der Waals surface area (Å²) < 4.78 is 5.07. The molecule has 0 aliphatic heterocycles. The summed E-state index contributed by atoms with van der Waals surface area (Å²) in [4.78, 5) is 21.6. The lowest BCUT2D eigenvalue weighted by Crippen LogP contribution is -2.40. The van der Waals surface area contributed by atoms with Gasteiger partial charge < -0.3 is 20.5 Å². The summed E-state index contributed by atoms with van der Waals surface area (Å²) in [7, 11) is 0. The minimum absolute atomic E-state index is 0.0938. The second kappa shape index (κ2) is 10.5. The zero-order valence-electron chi connectivity index (χ0n) is 16.7. The van der Waals surface area contributed by atoms with Crippen LogP contribution in [-0.4, -0.2) is 48.3 Å². The van der Waals surface area contributed by atoms with Gasteiger partial charge in [0.1, 0.15) is 9.88 Å². The number of esters is 1. The van der Waals surface area contributed by atoms with Crippen LogP contribution in [-0.2, 0) is 4.74 Å². The van der Waals surface area contributed by atoms with Crippen LogP contribution in [0.5, 0.6) is 0 Å². The summed E-state index contributed by atoms with van der Waals surface area (Å²) in [6.45, 7) is 13.3. The summed E-state index contributed by atoms with van der Waals surface area (Å²) in [5, 5.41) is 16.9. The number of carbonyl (C=O) groups is 1. The molecular formula is C18H32N4O3S. The van der Waals surface area contributed by atoms with Gasteiger partial charge in [-0.05, 0) is 34.1 Å². The van der Waals surface area contributed by atoms with E-state index < -0.39 is 0 Å². The summed E-state index contributed by atoms with van der Waals surface area (Å²) in [6, 6.07) is -0.110. The monoisotopic (exact) mass is 384 g/mol. The third kappa shape index (κ3) is 6.25. The maximum Gasteiger partial charge on any atom is 0.350 e. The van der Waals surface area contributed by atoms with Crippen molar-refractivity contribution >= 4 is 23.3 Å². The number of aliphatic hydroxyl groups is 1. The van der Waals surface area contributed by atoms with Crippen molar-refractivity contribution in [2.45, 2.75) is 54.0 Å². The third-order valence-corrected chi connectivity index (χ3v) is 5.52. The number of guanidine groups is 1. The van der Waals surface area contributed by atoms with Crippen molar-refractivity contribution in [1.82, 2.24) is 15.6 Å². The van der Waals surface area contributed by atoms with Crippen molar-refractivity contribution in [3.8, 4) is 0 Å². The molecule has 148 valence electrons. The molecule has 0 aliphatic carbocycles. The molecule has 0 saturated heterocycles. The van der Waals surface area contributed by atoms with E-state index >= 15 is 0 Å². The molecule has 3 N–H and O–H groups in total. The molecule has 0 aromatic carbocycles. The molecule has 1 heterocycles. The number of carbonyl (C=O) groups excluding carboxylic acids is 1. The van der Waals surface area contributed by atoms with Crippen LogP contribution in [0.4, 0.5) is 0 Å². The van der Waals surface area contributed by atoms with Crippen molar-refractivity contribution < 1.29 is 14.6 Å². The van der Waals surface area contributed by atoms with Crippen molar-refractivity contribution in [2.24, 2.45) is 10.4 Å². The lowest BCUT2D eigenvalue weighted by molar-refractivity contribution is 0.0531. The predicted octanol–water partition coefficient (Wildman–Crippen LogP) is 2.65. The molecule has 2 atom stereocenters. The van der Waals surface area contributed by atoms with E-state index in [9.17, 15) is 9.90 Å². The van der Waals surface area contributed by atoms with E-state index in [0.717, 1.165) is 18.0 Å². The fraction of sp³-hybridized carbons (Fsp3) is 0.722. The van der Waals surface area contributed by atoms with Gasteiger partial charge in [0.2, 0.25) is 0 Å². The molecule has 8 heteroatoms. The standard InChI is InChI=1S/C18H32N4O3S/c1-7-18(6,11-23)10-20-17(19-8-2)22-13(5)15-21-12(4)14(26-15)16(24)25-9-3/h13,23H,7-11H2,1-6H3,(H2,19,20,22). The fourth-order valence-corrected chi connectivity index (χ4v) is 3.08. The van der Waals surface area contributed by atoms with E-state index in [4.69, 9.17) is 4.74 Å². The topological polar surface area (TPSA) is 95.8 Å². The first kappa shape index (κ1) is 22.4. The van der Waals surface area contributed by atoms with Crippen LogP contribution in [0, 0.1) is 12.3 Å². The average Bonchev–Trinajstić information content (AvgIpc) is 3.02. The Morgan fingerprint density at radius 3 is 2.65 bits per heavy atom. The number of hydrogen-bond acceptors (Lipinski definition) is 6. The Morgan fingerprint density at radius 1 is 1.42 bits per heavy atom. The number of thiazole rings is 1. The van der Waals surface area contributed by atoms with Crippen LogP contribution in [0.2, 0.25) is 0 Å². The van der Waals surface area contributed by atoms with Gasteiger partial charge in [-0.2, -0.15) is 0 Å². The highest BCUT2D eigenvalue weighted by molar-refractivity contribution is 7.13. The number of hydrogen-bond donors (Lipinski definition) is 3. The molecule has 0 bridgehead atoms. The molecule has 0 aliphatic rings. The first-order valence-electron chi connectivity index (χ1n) is 9.10. The number of nitrogens with one attached hydrogen (secondary N) is 2. The molecule has 7 nitrogen and oxygen atoms in total. The Balaban J connectivity index is 2.89. The average molecular weight is 385 g/mol. The van der Waals surface area contributed by atoms with Gasteiger partial charge in [-0.15, -0.1) is 11.3 Å². The van der Waals surface area contributed by atoms with Gasteiger partial charge in [0, 0.05) is 12.0 Å². The zero-order valence-corrected chi connectivity index (χ0v) is 17.5. The zero-order chi connectivity index (χ0) is 19.7. The third-order valence-electron chi connectivity index (χ3n) is 4.20. The minimum Gasteiger partial charge on any atom is -0.462 e. The first-order chi connectivity index (χ1) is 12.3. The highest BCUT2D eigenvalue weighted by Crippen LogP contribution is 2.24. The maximum absolute atomic E-state index is 12.0. The summed E-state index contributed by atoms with van der Waals surface area (Å²) in [5.74, 6) is 0.335. The van der Waals surface area contributed by atoms with Gasteiger partial charge in [-0.25, -0.2) is 9.78 Å². The fourth-order valence-electron chi connectivity index (χ4n) is 2.12. The van der Waals surface area contributed by atoms with Crippen LogP contribution in [0.15, 0.2) is 4.99 Å². The van der Waals surface area contributed by atoms with Gasteiger partial charge in [-0.1, -0.05) is 13.8 Å². The maximum atomic E-state index is 12.0. The van der Waals surface area contributed by atoms with E-state index in [1.807, 2.05) is 34.6 Å². The first-order valence-corrected chi connectivity index (χ1v) is 9.92. The number of aryl methyl sites for hydroxylation is 1. The Morgan fingerprint density at radius 2 is 2.12 bits per heavy atom. The van der Waals surface area contributed by atoms with Crippen LogP contribution >= 0.6 is 11.3 Å². The molecule has 1 aromatic heterocycles. The number of aromatic nitrogens is 1. The second-order valence-corrected chi connectivity index (χ2v) is 7.60. The lowest BCUT2D eigenvalue weighted by atomic mass is 9.89. The van der Waals surface area contributed by atoms with Crippen molar-refractivity contribution in [3.63, 3.8) is 0 Å². The van der Waals surface area contributed by atoms with Crippen LogP contribution in [0.1, 0.15) is 67.5 Å². The molecule has 0 saturated carbocycles. The van der Waals surface area contributed by atoms with Crippen molar-refractivity contribution in [3.05, 3.63) is 15.6 Å². The number of aliphatic imine (C=N–C) groups is 1. The predicted molar refractivity (Wildman–Crippen MR) is 106 cm³/mol. The van der Waals surface area contributed by atoms with Gasteiger partial charge in [-0.3, -0.25) is 4.99 Å². The summed E-state index contributed by atoms with van der Waals surface area (Å²) in [5.41, 5.74) is 0.443. The quantitative estimate of drug-likeness (QED) is 0.344. The lowest BCUT2D eigenvalue weighted by Gasteiger charge is -2.24. The molecule has 26 heavy (non-hydrogen) atoms. The Labute approximate surface area is 160 Å². The highest BCUT2D eigenvalue weighted by atomic mass is 32.1. The molecule has 0 fully saturated rings. The second-order valence-electron chi connectivity index (χ2n) is 6.57. The highest BCUT2D eigenvalue weighted by Gasteiger charge is 2.22. The number of nitrogens with zero attached hydrogens (tertiary/aromatic N) is 2. The molecule has 0 radical (unpaired) electrons. The largest absolute Gasteiger partial charge is 0.462 e. The number of rotatable bonds is 9.